The molecule has 0 aliphatic heterocycles. The summed E-state index contributed by atoms with van der Waals surface area (Å²) in [5, 5.41) is 0.436. The number of hydrogen-bond donors (Lipinski definition) is 0. The second-order valence-corrected chi connectivity index (χ2v) is 6.28. The van der Waals surface area contributed by atoms with Crippen molar-refractivity contribution in [3.8, 4) is 0 Å². The first-order chi connectivity index (χ1) is 9.63. The van der Waals surface area contributed by atoms with E-state index in [1.807, 2.05) is 35.8 Å². The maximum atomic E-state index is 12.7. The SMILES string of the molecule is CCCC1CC1n1c(C(C)Cl)nc2ccccc2c1=O. The van der Waals surface area contributed by atoms with Gasteiger partial charge in [-0.2, -0.15) is 0 Å². The van der Waals surface area contributed by atoms with Crippen molar-refractivity contribution in [3.63, 3.8) is 0 Å². The molecule has 4 heteroatoms. The molecule has 1 aliphatic rings. The Morgan fingerprint density at radius 2 is 2.20 bits per heavy atom. The quantitative estimate of drug-likeness (QED) is 0.796. The summed E-state index contributed by atoms with van der Waals surface area (Å²) < 4.78 is 1.85. The Kier molecular flexibility index (Phi) is 3.55. The molecule has 3 unspecified atom stereocenters. The molecule has 3 atom stereocenters. The van der Waals surface area contributed by atoms with Gasteiger partial charge in [0.15, 0.2) is 0 Å². The van der Waals surface area contributed by atoms with Crippen LogP contribution in [0.25, 0.3) is 10.9 Å². The van der Waals surface area contributed by atoms with Crippen LogP contribution in [0.1, 0.15) is 50.4 Å². The average Bonchev–Trinajstić information content (AvgIpc) is 3.18. The van der Waals surface area contributed by atoms with Crippen LogP contribution in [0, 0.1) is 5.92 Å². The highest BCUT2D eigenvalue weighted by Crippen LogP contribution is 2.46. The summed E-state index contributed by atoms with van der Waals surface area (Å²) >= 11 is 6.26. The Labute approximate surface area is 123 Å². The number of nitrogens with zero attached hydrogens (tertiary/aromatic N) is 2. The summed E-state index contributed by atoms with van der Waals surface area (Å²) in [7, 11) is 0. The third kappa shape index (κ3) is 2.24. The van der Waals surface area contributed by atoms with Crippen LogP contribution >= 0.6 is 11.6 Å². The van der Waals surface area contributed by atoms with Gasteiger partial charge in [-0.1, -0.05) is 25.5 Å². The maximum Gasteiger partial charge on any atom is 0.261 e. The summed E-state index contributed by atoms with van der Waals surface area (Å²) in [4.78, 5) is 17.4. The minimum absolute atomic E-state index is 0.0571. The molecule has 1 heterocycles. The first-order valence-corrected chi connectivity index (χ1v) is 7.72. The Balaban J connectivity index is 2.16. The van der Waals surface area contributed by atoms with E-state index in [0.29, 0.717) is 17.1 Å². The summed E-state index contributed by atoms with van der Waals surface area (Å²) in [6.45, 7) is 4.06. The van der Waals surface area contributed by atoms with Gasteiger partial charge in [0.25, 0.3) is 5.56 Å². The van der Waals surface area contributed by atoms with Crippen molar-refractivity contribution in [1.82, 2.24) is 9.55 Å². The molecule has 2 aromatic rings. The molecule has 1 aliphatic carbocycles. The number of halogens is 1. The van der Waals surface area contributed by atoms with Gasteiger partial charge in [-0.25, -0.2) is 4.98 Å². The first-order valence-electron chi connectivity index (χ1n) is 7.28. The number of hydrogen-bond acceptors (Lipinski definition) is 2. The molecule has 0 bridgehead atoms. The molecular formula is C16H19ClN2O. The Bertz CT molecular complexity index is 692. The van der Waals surface area contributed by atoms with E-state index in [-0.39, 0.29) is 17.0 Å². The van der Waals surface area contributed by atoms with Crippen molar-refractivity contribution in [2.45, 2.75) is 44.5 Å². The maximum absolute atomic E-state index is 12.7. The Morgan fingerprint density at radius 1 is 1.45 bits per heavy atom. The molecule has 0 spiro atoms. The lowest BCUT2D eigenvalue weighted by molar-refractivity contribution is 0.565. The van der Waals surface area contributed by atoms with Crippen molar-refractivity contribution < 1.29 is 0 Å². The topological polar surface area (TPSA) is 34.9 Å². The molecule has 3 nitrogen and oxygen atoms in total. The Morgan fingerprint density at radius 3 is 2.90 bits per heavy atom. The van der Waals surface area contributed by atoms with Crippen LogP contribution in [0.15, 0.2) is 29.1 Å². The molecule has 0 N–H and O–H groups in total. The van der Waals surface area contributed by atoms with Crippen LogP contribution in [0.3, 0.4) is 0 Å². The van der Waals surface area contributed by atoms with Gasteiger partial charge in [0.2, 0.25) is 0 Å². The van der Waals surface area contributed by atoms with Gasteiger partial charge < -0.3 is 0 Å². The monoisotopic (exact) mass is 290 g/mol. The molecule has 106 valence electrons. The van der Waals surface area contributed by atoms with E-state index in [4.69, 9.17) is 11.6 Å². The number of rotatable bonds is 4. The number of aromatic nitrogens is 2. The zero-order valence-corrected chi connectivity index (χ0v) is 12.6. The minimum Gasteiger partial charge on any atom is -0.291 e. The summed E-state index contributed by atoms with van der Waals surface area (Å²) in [6, 6.07) is 7.80. The highest BCUT2D eigenvalue weighted by molar-refractivity contribution is 6.20. The van der Waals surface area contributed by atoms with Gasteiger partial charge in [-0.15, -0.1) is 11.6 Å². The summed E-state index contributed by atoms with van der Waals surface area (Å²) in [6.07, 6.45) is 3.40. The molecule has 0 amide bonds. The van der Waals surface area contributed by atoms with Crippen LogP contribution in [-0.4, -0.2) is 9.55 Å². The molecule has 1 fully saturated rings. The van der Waals surface area contributed by atoms with Crippen LogP contribution in [0.5, 0.6) is 0 Å². The number of fused-ring (bicyclic) bond motifs is 1. The molecule has 3 rings (SSSR count). The van der Waals surface area contributed by atoms with E-state index >= 15 is 0 Å². The van der Waals surface area contributed by atoms with E-state index in [9.17, 15) is 4.79 Å². The van der Waals surface area contributed by atoms with Gasteiger partial charge >= 0.3 is 0 Å². The van der Waals surface area contributed by atoms with E-state index < -0.39 is 0 Å². The van der Waals surface area contributed by atoms with Crippen molar-refractivity contribution in [1.29, 1.82) is 0 Å². The molecule has 1 saturated carbocycles. The van der Waals surface area contributed by atoms with Gasteiger partial charge in [0.1, 0.15) is 5.82 Å². The third-order valence-electron chi connectivity index (χ3n) is 4.07. The average molecular weight is 291 g/mol. The highest BCUT2D eigenvalue weighted by atomic mass is 35.5. The molecule has 1 aromatic heterocycles. The van der Waals surface area contributed by atoms with Gasteiger partial charge in [-0.3, -0.25) is 9.36 Å². The zero-order chi connectivity index (χ0) is 14.3. The summed E-state index contributed by atoms with van der Waals surface area (Å²) in [5.74, 6) is 1.31. The van der Waals surface area contributed by atoms with Crippen LogP contribution in [0.2, 0.25) is 0 Å². The number of para-hydroxylation sites is 1. The van der Waals surface area contributed by atoms with E-state index in [1.54, 1.807) is 0 Å². The fraction of sp³-hybridized carbons (Fsp3) is 0.500. The second kappa shape index (κ2) is 5.21. The summed E-state index contributed by atoms with van der Waals surface area (Å²) in [5.41, 5.74) is 0.797. The second-order valence-electron chi connectivity index (χ2n) is 5.63. The van der Waals surface area contributed by atoms with Gasteiger partial charge in [0, 0.05) is 6.04 Å². The fourth-order valence-electron chi connectivity index (χ4n) is 2.99. The van der Waals surface area contributed by atoms with Crippen molar-refractivity contribution >= 4 is 22.5 Å². The van der Waals surface area contributed by atoms with Crippen LogP contribution in [0.4, 0.5) is 0 Å². The highest BCUT2D eigenvalue weighted by Gasteiger charge is 2.40. The van der Waals surface area contributed by atoms with Crippen molar-refractivity contribution in [3.05, 3.63) is 40.4 Å². The Hall–Kier alpha value is -1.35. The van der Waals surface area contributed by atoms with Gasteiger partial charge in [0.05, 0.1) is 16.3 Å². The lowest BCUT2D eigenvalue weighted by Crippen LogP contribution is -2.25. The fourth-order valence-corrected chi connectivity index (χ4v) is 3.15. The van der Waals surface area contributed by atoms with E-state index in [2.05, 4.69) is 11.9 Å². The van der Waals surface area contributed by atoms with E-state index in [0.717, 1.165) is 18.4 Å². The predicted octanol–water partition coefficient (Wildman–Crippen LogP) is 4.06. The normalized spacial score (nSPS) is 22.9. The molecule has 1 aromatic carbocycles. The molecular weight excluding hydrogens is 272 g/mol. The standard InChI is InChI=1S/C16H19ClN2O/c1-3-6-11-9-14(11)19-15(10(2)17)18-13-8-5-4-7-12(13)16(19)20/h4-5,7-8,10-11,14H,3,6,9H2,1-2H3. The lowest BCUT2D eigenvalue weighted by atomic mass is 10.2. The number of benzene rings is 1. The number of alkyl halides is 1. The molecule has 20 heavy (non-hydrogen) atoms. The first kappa shape index (κ1) is 13.6. The van der Waals surface area contributed by atoms with Crippen molar-refractivity contribution in [2.24, 2.45) is 5.92 Å². The zero-order valence-electron chi connectivity index (χ0n) is 11.8. The van der Waals surface area contributed by atoms with Crippen LogP contribution < -0.4 is 5.56 Å². The largest absolute Gasteiger partial charge is 0.291 e. The smallest absolute Gasteiger partial charge is 0.261 e. The minimum atomic E-state index is -0.254. The van der Waals surface area contributed by atoms with Gasteiger partial charge in [-0.05, 0) is 37.8 Å². The van der Waals surface area contributed by atoms with Crippen LogP contribution in [-0.2, 0) is 0 Å². The predicted molar refractivity (Wildman–Crippen MR) is 82.3 cm³/mol. The third-order valence-corrected chi connectivity index (χ3v) is 4.26. The van der Waals surface area contributed by atoms with E-state index in [1.165, 1.54) is 6.42 Å². The lowest BCUT2D eigenvalue weighted by Gasteiger charge is -2.15. The molecule has 0 radical (unpaired) electrons. The molecule has 0 saturated heterocycles. The van der Waals surface area contributed by atoms with Crippen molar-refractivity contribution in [2.75, 3.05) is 0 Å².